The summed E-state index contributed by atoms with van der Waals surface area (Å²) >= 11 is 0. The summed E-state index contributed by atoms with van der Waals surface area (Å²) in [6.07, 6.45) is 0.811. The topological polar surface area (TPSA) is 49.8 Å². The van der Waals surface area contributed by atoms with Crippen LogP contribution in [0.5, 0.6) is 5.75 Å². The average molecular weight is 341 g/mol. The normalized spacial score (nSPS) is 12.4. The molecule has 0 saturated heterocycles. The van der Waals surface area contributed by atoms with Crippen LogP contribution < -0.4 is 0 Å². The number of ether oxygens (including phenoxy) is 1. The fraction of sp³-hybridized carbons (Fsp3) is 0.381. The van der Waals surface area contributed by atoms with Crippen LogP contribution in [0.4, 0.5) is 0 Å². The van der Waals surface area contributed by atoms with Crippen LogP contribution in [0.25, 0.3) is 0 Å². The molecule has 0 fully saturated rings. The Kier molecular flexibility index (Phi) is 7.02. The molecule has 1 atom stereocenters. The number of carbonyl (C=O) groups excluding carboxylic acids is 1. The third kappa shape index (κ3) is 5.91. The zero-order chi connectivity index (χ0) is 18.2. The van der Waals surface area contributed by atoms with Crippen molar-refractivity contribution in [3.05, 3.63) is 65.7 Å². The van der Waals surface area contributed by atoms with Crippen LogP contribution >= 0.6 is 0 Å². The standard InChI is InChI=1S/C21H27NO3/c1-16(2)20(21(24)25-15-18-7-5-4-6-8-18)22(3)14-13-17-9-11-19(23)12-10-17/h4-12,16,20,23H,13-15H2,1-3H3. The minimum Gasteiger partial charge on any atom is -0.508 e. The lowest BCUT2D eigenvalue weighted by Gasteiger charge is -2.29. The van der Waals surface area contributed by atoms with E-state index in [4.69, 9.17) is 4.74 Å². The van der Waals surface area contributed by atoms with Gasteiger partial charge in [-0.3, -0.25) is 9.69 Å². The van der Waals surface area contributed by atoms with Gasteiger partial charge in [0, 0.05) is 6.54 Å². The molecule has 0 aromatic heterocycles. The lowest BCUT2D eigenvalue weighted by Crippen LogP contribution is -2.44. The Hall–Kier alpha value is -2.33. The van der Waals surface area contributed by atoms with Crippen molar-refractivity contribution in [1.82, 2.24) is 4.90 Å². The number of carbonyl (C=O) groups is 1. The number of rotatable bonds is 8. The number of benzene rings is 2. The Balaban J connectivity index is 1.91. The summed E-state index contributed by atoms with van der Waals surface area (Å²) in [5, 5.41) is 9.35. The van der Waals surface area contributed by atoms with E-state index in [1.54, 1.807) is 12.1 Å². The van der Waals surface area contributed by atoms with Gasteiger partial charge in [0.1, 0.15) is 18.4 Å². The summed E-state index contributed by atoms with van der Waals surface area (Å²) in [6, 6.07) is 16.6. The second kappa shape index (κ2) is 9.23. The van der Waals surface area contributed by atoms with Crippen LogP contribution in [0.3, 0.4) is 0 Å². The molecule has 0 aliphatic carbocycles. The molecule has 25 heavy (non-hydrogen) atoms. The van der Waals surface area contributed by atoms with E-state index in [0.717, 1.165) is 24.1 Å². The number of aromatic hydroxyl groups is 1. The highest BCUT2D eigenvalue weighted by molar-refractivity contribution is 5.76. The average Bonchev–Trinajstić information content (AvgIpc) is 2.60. The van der Waals surface area contributed by atoms with Crippen LogP contribution in [-0.4, -0.2) is 35.6 Å². The van der Waals surface area contributed by atoms with Crippen LogP contribution in [0.1, 0.15) is 25.0 Å². The summed E-state index contributed by atoms with van der Waals surface area (Å²) in [7, 11) is 1.95. The highest BCUT2D eigenvalue weighted by atomic mass is 16.5. The number of phenols is 1. The molecule has 0 saturated carbocycles. The maximum Gasteiger partial charge on any atom is 0.323 e. The van der Waals surface area contributed by atoms with E-state index < -0.39 is 0 Å². The quantitative estimate of drug-likeness (QED) is 0.745. The number of hydrogen-bond donors (Lipinski definition) is 1. The molecule has 1 unspecified atom stereocenters. The van der Waals surface area contributed by atoms with E-state index in [-0.39, 0.29) is 23.7 Å². The Morgan fingerprint density at radius 1 is 1.04 bits per heavy atom. The van der Waals surface area contributed by atoms with E-state index in [9.17, 15) is 9.90 Å². The molecule has 4 heteroatoms. The van der Waals surface area contributed by atoms with Crippen molar-refractivity contribution in [3.63, 3.8) is 0 Å². The van der Waals surface area contributed by atoms with Crippen molar-refractivity contribution in [2.75, 3.05) is 13.6 Å². The molecule has 0 radical (unpaired) electrons. The van der Waals surface area contributed by atoms with Gasteiger partial charge >= 0.3 is 5.97 Å². The maximum absolute atomic E-state index is 12.6. The van der Waals surface area contributed by atoms with E-state index in [0.29, 0.717) is 6.61 Å². The predicted molar refractivity (Wildman–Crippen MR) is 99.3 cm³/mol. The second-order valence-electron chi connectivity index (χ2n) is 6.68. The predicted octanol–water partition coefficient (Wildman–Crippen LogP) is 3.63. The largest absolute Gasteiger partial charge is 0.508 e. The molecule has 2 aromatic carbocycles. The molecule has 1 N–H and O–H groups in total. The number of likely N-dealkylation sites (N-methyl/N-ethyl adjacent to an activating group) is 1. The van der Waals surface area contributed by atoms with Gasteiger partial charge in [0.05, 0.1) is 0 Å². The minimum atomic E-state index is -0.277. The van der Waals surface area contributed by atoms with Gasteiger partial charge in [0.15, 0.2) is 0 Å². The third-order valence-corrected chi connectivity index (χ3v) is 4.26. The van der Waals surface area contributed by atoms with Gasteiger partial charge in [-0.25, -0.2) is 0 Å². The van der Waals surface area contributed by atoms with E-state index in [1.165, 1.54) is 0 Å². The summed E-state index contributed by atoms with van der Waals surface area (Å²) in [4.78, 5) is 14.6. The molecule has 2 aromatic rings. The fourth-order valence-electron chi connectivity index (χ4n) is 2.88. The number of esters is 1. The Morgan fingerprint density at radius 3 is 2.28 bits per heavy atom. The van der Waals surface area contributed by atoms with Crippen LogP contribution in [0.2, 0.25) is 0 Å². The molecule has 0 heterocycles. The molecule has 0 amide bonds. The molecule has 0 aliphatic rings. The zero-order valence-electron chi connectivity index (χ0n) is 15.2. The molecular formula is C21H27NO3. The summed E-state index contributed by atoms with van der Waals surface area (Å²) < 4.78 is 5.53. The van der Waals surface area contributed by atoms with Gasteiger partial charge in [-0.2, -0.15) is 0 Å². The first kappa shape index (κ1) is 19.0. The van der Waals surface area contributed by atoms with Crippen molar-refractivity contribution in [2.24, 2.45) is 5.92 Å². The van der Waals surface area contributed by atoms with E-state index in [1.807, 2.05) is 68.3 Å². The van der Waals surface area contributed by atoms with Gasteiger partial charge in [-0.15, -0.1) is 0 Å². The number of nitrogens with zero attached hydrogens (tertiary/aromatic N) is 1. The molecule has 2 rings (SSSR count). The highest BCUT2D eigenvalue weighted by Gasteiger charge is 2.27. The molecule has 4 nitrogen and oxygen atoms in total. The first-order valence-electron chi connectivity index (χ1n) is 8.66. The van der Waals surface area contributed by atoms with Gasteiger partial charge in [0.2, 0.25) is 0 Å². The first-order chi connectivity index (χ1) is 12.0. The van der Waals surface area contributed by atoms with Crippen molar-refractivity contribution in [2.45, 2.75) is 32.9 Å². The Morgan fingerprint density at radius 2 is 1.68 bits per heavy atom. The molecule has 0 bridgehead atoms. The van der Waals surface area contributed by atoms with Crippen molar-refractivity contribution >= 4 is 5.97 Å². The Bertz CT molecular complexity index is 653. The molecular weight excluding hydrogens is 314 g/mol. The Labute approximate surface area is 150 Å². The van der Waals surface area contributed by atoms with Crippen molar-refractivity contribution < 1.29 is 14.6 Å². The van der Waals surface area contributed by atoms with E-state index >= 15 is 0 Å². The molecule has 134 valence electrons. The van der Waals surface area contributed by atoms with Gasteiger partial charge < -0.3 is 9.84 Å². The first-order valence-corrected chi connectivity index (χ1v) is 8.66. The lowest BCUT2D eigenvalue weighted by molar-refractivity contribution is -0.152. The molecule has 0 aliphatic heterocycles. The molecule has 0 spiro atoms. The van der Waals surface area contributed by atoms with Crippen molar-refractivity contribution in [3.8, 4) is 5.75 Å². The number of hydrogen-bond acceptors (Lipinski definition) is 4. The van der Waals surface area contributed by atoms with E-state index in [2.05, 4.69) is 0 Å². The van der Waals surface area contributed by atoms with Gasteiger partial charge in [-0.1, -0.05) is 56.3 Å². The second-order valence-corrected chi connectivity index (χ2v) is 6.68. The monoisotopic (exact) mass is 341 g/mol. The highest BCUT2D eigenvalue weighted by Crippen LogP contribution is 2.15. The lowest BCUT2D eigenvalue weighted by atomic mass is 10.0. The van der Waals surface area contributed by atoms with Crippen LogP contribution in [-0.2, 0) is 22.6 Å². The van der Waals surface area contributed by atoms with Gasteiger partial charge in [-0.05, 0) is 42.6 Å². The van der Waals surface area contributed by atoms with Crippen LogP contribution in [0, 0.1) is 5.92 Å². The zero-order valence-corrected chi connectivity index (χ0v) is 15.2. The smallest absolute Gasteiger partial charge is 0.323 e. The van der Waals surface area contributed by atoms with Crippen molar-refractivity contribution in [1.29, 1.82) is 0 Å². The third-order valence-electron chi connectivity index (χ3n) is 4.26. The minimum absolute atomic E-state index is 0.160. The number of phenolic OH excluding ortho intramolecular Hbond substituents is 1. The van der Waals surface area contributed by atoms with Crippen LogP contribution in [0.15, 0.2) is 54.6 Å². The maximum atomic E-state index is 12.6. The fourth-order valence-corrected chi connectivity index (χ4v) is 2.88. The summed E-state index contributed by atoms with van der Waals surface area (Å²) in [6.45, 7) is 5.11. The summed E-state index contributed by atoms with van der Waals surface area (Å²) in [5.41, 5.74) is 2.12. The van der Waals surface area contributed by atoms with Gasteiger partial charge in [0.25, 0.3) is 0 Å². The SMILES string of the molecule is CC(C)C(C(=O)OCc1ccccc1)N(C)CCc1ccc(O)cc1. The summed E-state index contributed by atoms with van der Waals surface area (Å²) in [5.74, 6) is 0.238.